The fourth-order valence-corrected chi connectivity index (χ4v) is 6.69. The van der Waals surface area contributed by atoms with Crippen LogP contribution in [0.4, 0.5) is 11.6 Å². The van der Waals surface area contributed by atoms with Crippen LogP contribution in [0.25, 0.3) is 11.0 Å². The zero-order chi connectivity index (χ0) is 35.4. The predicted octanol–water partition coefficient (Wildman–Crippen LogP) is 1.41. The first-order valence-corrected chi connectivity index (χ1v) is 17.2. The predicted molar refractivity (Wildman–Crippen MR) is 184 cm³/mol. The summed E-state index contributed by atoms with van der Waals surface area (Å²) in [6, 6.07) is 9.09. The molecule has 2 saturated heterocycles. The third-order valence-electron chi connectivity index (χ3n) is 9.31. The van der Waals surface area contributed by atoms with E-state index in [1.807, 2.05) is 32.0 Å². The van der Waals surface area contributed by atoms with Crippen LogP contribution in [0.2, 0.25) is 5.15 Å². The lowest BCUT2D eigenvalue weighted by Crippen LogP contribution is -2.49. The van der Waals surface area contributed by atoms with Crippen LogP contribution >= 0.6 is 11.6 Å². The molecule has 0 unspecified atom stereocenters. The Labute approximate surface area is 295 Å². The quantitative estimate of drug-likeness (QED) is 0.191. The van der Waals surface area contributed by atoms with Gasteiger partial charge in [-0.05, 0) is 44.9 Å². The molecule has 1 aromatic carbocycles. The maximum atomic E-state index is 13.2. The maximum absolute atomic E-state index is 13.2. The Kier molecular flexibility index (Phi) is 10.8. The molecule has 0 bridgehead atoms. The summed E-state index contributed by atoms with van der Waals surface area (Å²) in [7, 11) is 0. The molecule has 266 valence electrons. The summed E-state index contributed by atoms with van der Waals surface area (Å²) in [5.41, 5.74) is 14.8. The van der Waals surface area contributed by atoms with Gasteiger partial charge in [0.25, 0.3) is 17.6 Å². The second-order valence-electron chi connectivity index (χ2n) is 12.6. The van der Waals surface area contributed by atoms with E-state index in [0.717, 1.165) is 41.9 Å². The third-order valence-corrected chi connectivity index (χ3v) is 9.59. The molecule has 0 radical (unpaired) electrons. The number of carbonyl (C=O) groups is 2. The number of nitrogen functional groups attached to an aromatic ring is 2. The molecule has 0 saturated carbocycles. The fourth-order valence-electron chi connectivity index (χ4n) is 6.56. The number of nitrogens with two attached hydrogens (primary N) is 2. The summed E-state index contributed by atoms with van der Waals surface area (Å²) in [5.74, 6) is 1.01. The molecule has 5 heterocycles. The average molecular weight is 707 g/mol. The summed E-state index contributed by atoms with van der Waals surface area (Å²) < 4.78 is 16.0. The molecule has 6 rings (SSSR count). The standard InChI is InChI=1S/C34H43ClN10O5/c1-3-44-26-16-23(50-20-29(47)43-12-10-42(11-13-43)19-24-27(46)7-4-21(2)39-24)5-6-25(26)45(18-22-8-14-49-15-9-22)28(44)17-38-34(48)30-32(36)41-33(37)31(35)40-30/h4-7,16,22H,3,8-15,17-20H2,1-2H3,(H5-,36,37,38,41,46,48). The van der Waals surface area contributed by atoms with Crippen LogP contribution in [-0.4, -0.2) is 87.1 Å². The van der Waals surface area contributed by atoms with Crippen molar-refractivity contribution in [3.63, 3.8) is 0 Å². The van der Waals surface area contributed by atoms with Crippen molar-refractivity contribution in [1.29, 1.82) is 0 Å². The van der Waals surface area contributed by atoms with Crippen LogP contribution in [0.3, 0.4) is 0 Å². The highest BCUT2D eigenvalue weighted by atomic mass is 35.5. The SMILES string of the molecule is CCn1c(CNC(=O)c2nc(Cl)c(N)nc2N)[n+](CC2CCOCC2)c2ccc(OCC(=O)N3CCN(Cc4nc(C)ccc4[O-])CC3)cc21. The van der Waals surface area contributed by atoms with Crippen molar-refractivity contribution in [3.8, 4) is 11.5 Å². The van der Waals surface area contributed by atoms with Gasteiger partial charge in [0, 0.05) is 69.3 Å². The zero-order valence-electron chi connectivity index (χ0n) is 28.4. The molecule has 5 N–H and O–H groups in total. The Morgan fingerprint density at radius 3 is 2.58 bits per heavy atom. The van der Waals surface area contributed by atoms with Gasteiger partial charge in [0.2, 0.25) is 0 Å². The number of pyridine rings is 1. The lowest BCUT2D eigenvalue weighted by molar-refractivity contribution is -0.687. The summed E-state index contributed by atoms with van der Waals surface area (Å²) >= 11 is 6.03. The number of fused-ring (bicyclic) bond motifs is 1. The first kappa shape index (κ1) is 35.1. The first-order valence-electron chi connectivity index (χ1n) is 16.9. The Bertz CT molecular complexity index is 1870. The van der Waals surface area contributed by atoms with E-state index in [4.69, 9.17) is 32.5 Å². The molecule has 0 atom stereocenters. The molecule has 3 aromatic heterocycles. The van der Waals surface area contributed by atoms with Crippen molar-refractivity contribution in [3.05, 3.63) is 58.4 Å². The number of nitrogens with one attached hydrogen (secondary N) is 1. The van der Waals surface area contributed by atoms with E-state index in [1.165, 1.54) is 0 Å². The molecule has 4 aromatic rings. The van der Waals surface area contributed by atoms with Crippen LogP contribution in [-0.2, 0) is 35.7 Å². The summed E-state index contributed by atoms with van der Waals surface area (Å²) in [5, 5.41) is 15.0. The van der Waals surface area contributed by atoms with Gasteiger partial charge in [-0.2, -0.15) is 0 Å². The van der Waals surface area contributed by atoms with Crippen molar-refractivity contribution in [1.82, 2.24) is 34.6 Å². The molecular formula is C34H43ClN10O5. The van der Waals surface area contributed by atoms with Crippen LogP contribution in [0.1, 0.15) is 47.5 Å². The minimum Gasteiger partial charge on any atom is -0.871 e. The zero-order valence-corrected chi connectivity index (χ0v) is 29.1. The largest absolute Gasteiger partial charge is 0.871 e. The molecule has 50 heavy (non-hydrogen) atoms. The summed E-state index contributed by atoms with van der Waals surface area (Å²) in [6.07, 6.45) is 1.88. The van der Waals surface area contributed by atoms with E-state index >= 15 is 0 Å². The van der Waals surface area contributed by atoms with Gasteiger partial charge in [0.15, 0.2) is 40.1 Å². The Hall–Kier alpha value is -4.73. The molecule has 15 nitrogen and oxygen atoms in total. The van der Waals surface area contributed by atoms with E-state index in [2.05, 4.69) is 34.3 Å². The van der Waals surface area contributed by atoms with E-state index in [1.54, 1.807) is 17.0 Å². The fraction of sp³-hybridized carbons (Fsp3) is 0.471. The normalized spacial score (nSPS) is 15.8. The number of halogens is 1. The number of carbonyl (C=O) groups excluding carboxylic acids is 2. The van der Waals surface area contributed by atoms with Gasteiger partial charge in [-0.25, -0.2) is 19.1 Å². The third kappa shape index (κ3) is 7.85. The number of ether oxygens (including phenoxy) is 2. The molecule has 2 aliphatic heterocycles. The van der Waals surface area contributed by atoms with E-state index in [0.29, 0.717) is 69.8 Å². The highest BCUT2D eigenvalue weighted by Gasteiger charge is 2.29. The van der Waals surface area contributed by atoms with Gasteiger partial charge in [0.05, 0.1) is 13.1 Å². The van der Waals surface area contributed by atoms with Gasteiger partial charge < -0.3 is 36.3 Å². The number of imidazole rings is 1. The van der Waals surface area contributed by atoms with Gasteiger partial charge >= 0.3 is 0 Å². The number of aromatic nitrogens is 5. The van der Waals surface area contributed by atoms with Crippen LogP contribution in [0, 0.1) is 12.8 Å². The van der Waals surface area contributed by atoms with Gasteiger partial charge in [-0.15, -0.1) is 0 Å². The number of hydrogen-bond acceptors (Lipinski definition) is 11. The van der Waals surface area contributed by atoms with Gasteiger partial charge in [-0.3, -0.25) is 19.5 Å². The lowest BCUT2D eigenvalue weighted by Gasteiger charge is -2.35. The highest BCUT2D eigenvalue weighted by molar-refractivity contribution is 6.31. The van der Waals surface area contributed by atoms with Crippen molar-refractivity contribution < 1.29 is 28.7 Å². The summed E-state index contributed by atoms with van der Waals surface area (Å²) in [4.78, 5) is 42.6. The number of amides is 2. The number of piperazine rings is 1. The van der Waals surface area contributed by atoms with Crippen molar-refractivity contribution in [2.45, 2.75) is 52.9 Å². The number of hydrogen-bond donors (Lipinski definition) is 3. The van der Waals surface area contributed by atoms with Crippen molar-refractivity contribution in [2.24, 2.45) is 5.92 Å². The number of benzene rings is 1. The molecule has 2 amide bonds. The molecule has 16 heteroatoms. The maximum Gasteiger partial charge on any atom is 0.277 e. The Balaban J connectivity index is 1.15. The highest BCUT2D eigenvalue weighted by Crippen LogP contribution is 2.25. The molecular weight excluding hydrogens is 664 g/mol. The minimum atomic E-state index is -0.521. The van der Waals surface area contributed by atoms with Gasteiger partial charge in [0.1, 0.15) is 12.3 Å². The topological polar surface area (TPSA) is 194 Å². The monoisotopic (exact) mass is 706 g/mol. The number of aryl methyl sites for hydroxylation is 2. The second-order valence-corrected chi connectivity index (χ2v) is 13.0. The minimum absolute atomic E-state index is 0.0464. The molecule has 0 spiro atoms. The summed E-state index contributed by atoms with van der Waals surface area (Å²) in [6.45, 7) is 9.63. The molecule has 2 fully saturated rings. The number of rotatable bonds is 11. The lowest BCUT2D eigenvalue weighted by atomic mass is 10.0. The second kappa shape index (κ2) is 15.4. The van der Waals surface area contributed by atoms with E-state index in [9.17, 15) is 14.7 Å². The van der Waals surface area contributed by atoms with Crippen LogP contribution in [0.5, 0.6) is 11.5 Å². The van der Waals surface area contributed by atoms with Crippen molar-refractivity contribution in [2.75, 3.05) is 57.5 Å². The Morgan fingerprint density at radius 2 is 1.84 bits per heavy atom. The molecule has 2 aliphatic rings. The number of nitrogens with zero attached hydrogens (tertiary/aromatic N) is 7. The van der Waals surface area contributed by atoms with Crippen LogP contribution < -0.4 is 31.2 Å². The van der Waals surface area contributed by atoms with Crippen LogP contribution in [0.15, 0.2) is 30.3 Å². The average Bonchev–Trinajstić information content (AvgIpc) is 3.41. The smallest absolute Gasteiger partial charge is 0.277 e. The van der Waals surface area contributed by atoms with Gasteiger partial charge in [-0.1, -0.05) is 23.4 Å². The Morgan fingerprint density at radius 1 is 1.08 bits per heavy atom. The number of anilines is 2. The first-order chi connectivity index (χ1) is 24.1. The van der Waals surface area contributed by atoms with Crippen molar-refractivity contribution >= 4 is 46.1 Å². The van der Waals surface area contributed by atoms with E-state index < -0.39 is 5.91 Å². The van der Waals surface area contributed by atoms with E-state index in [-0.39, 0.29) is 47.3 Å². The molecule has 0 aliphatic carbocycles.